The van der Waals surface area contributed by atoms with Gasteiger partial charge in [-0.3, -0.25) is 14.4 Å². The monoisotopic (exact) mass is 633 g/mol. The van der Waals surface area contributed by atoms with Crippen molar-refractivity contribution < 1.29 is 44.3 Å². The molecule has 0 aromatic carbocycles. The first kappa shape index (κ1) is 35.4. The van der Waals surface area contributed by atoms with Crippen molar-refractivity contribution in [1.82, 2.24) is 5.32 Å². The molecule has 45 heavy (non-hydrogen) atoms. The number of ether oxygens (including phenoxy) is 1. The van der Waals surface area contributed by atoms with Gasteiger partial charge in [-0.25, -0.2) is 4.79 Å². The average molecular weight is 634 g/mol. The molecule has 10 heteroatoms. The van der Waals surface area contributed by atoms with Crippen LogP contribution in [0, 0.1) is 45.8 Å². The van der Waals surface area contributed by atoms with Crippen LogP contribution in [-0.4, -0.2) is 68.6 Å². The molecule has 0 aromatic rings. The number of carbonyl (C=O) groups is 4. The second kappa shape index (κ2) is 13.0. The van der Waals surface area contributed by atoms with Gasteiger partial charge in [-0.05, 0) is 103 Å². The van der Waals surface area contributed by atoms with Crippen LogP contribution in [0.15, 0.2) is 11.1 Å². The fourth-order valence-electron chi connectivity index (χ4n) is 10.6. The van der Waals surface area contributed by atoms with E-state index < -0.39 is 53.9 Å². The van der Waals surface area contributed by atoms with Crippen molar-refractivity contribution in [2.45, 2.75) is 137 Å². The maximum atomic E-state index is 14.0. The fraction of sp³-hybridized carbons (Fsp3) is 0.829. The van der Waals surface area contributed by atoms with E-state index in [1.807, 2.05) is 0 Å². The highest BCUT2D eigenvalue weighted by Crippen LogP contribution is 2.74. The molecule has 4 aliphatic carbocycles. The smallest absolute Gasteiger partial charge is 0.326 e. The Bertz CT molecular complexity index is 1210. The van der Waals surface area contributed by atoms with E-state index in [4.69, 9.17) is 4.74 Å². The quantitative estimate of drug-likeness (QED) is 0.169. The summed E-state index contributed by atoms with van der Waals surface area (Å²) >= 11 is 0. The SMILES string of the molecule is CC(=O)O[C@H]1C[C@@]2(C)[C@@H](C[C@@H](O)C3[C@]2(C)CC[C@H]2[C@H](C)[C@H](O)CC[C@]32C)/C1=C(/CCCC(C)C)C(=O)N[C@@H](CC(=O)O)C(=O)O. The summed E-state index contributed by atoms with van der Waals surface area (Å²) in [5, 5.41) is 44.4. The van der Waals surface area contributed by atoms with Crippen molar-refractivity contribution in [3.05, 3.63) is 11.1 Å². The van der Waals surface area contributed by atoms with Gasteiger partial charge < -0.3 is 30.5 Å². The molecule has 0 bridgehead atoms. The van der Waals surface area contributed by atoms with Gasteiger partial charge in [0.2, 0.25) is 5.91 Å². The second-order valence-corrected chi connectivity index (χ2v) is 15.8. The molecule has 254 valence electrons. The van der Waals surface area contributed by atoms with Gasteiger partial charge in [0.05, 0.1) is 18.6 Å². The van der Waals surface area contributed by atoms with Gasteiger partial charge in [-0.1, -0.05) is 48.0 Å². The van der Waals surface area contributed by atoms with E-state index in [1.165, 1.54) is 6.92 Å². The summed E-state index contributed by atoms with van der Waals surface area (Å²) in [6, 6.07) is -1.62. The van der Waals surface area contributed by atoms with Gasteiger partial charge >= 0.3 is 17.9 Å². The molecule has 4 rings (SSSR count). The molecule has 4 aliphatic rings. The number of carboxylic acid groups (broad SMARTS) is 2. The number of carboxylic acids is 2. The van der Waals surface area contributed by atoms with E-state index in [9.17, 15) is 39.6 Å². The summed E-state index contributed by atoms with van der Waals surface area (Å²) in [6.45, 7) is 14.4. The van der Waals surface area contributed by atoms with Gasteiger partial charge in [0.15, 0.2) is 0 Å². The molecule has 10 nitrogen and oxygen atoms in total. The van der Waals surface area contributed by atoms with E-state index in [0.717, 1.165) is 25.7 Å². The highest BCUT2D eigenvalue weighted by Gasteiger charge is 2.70. The van der Waals surface area contributed by atoms with E-state index in [2.05, 4.69) is 46.9 Å². The van der Waals surface area contributed by atoms with Gasteiger partial charge in [-0.2, -0.15) is 0 Å². The first-order valence-electron chi connectivity index (χ1n) is 16.9. The number of aliphatic carboxylic acids is 2. The van der Waals surface area contributed by atoms with E-state index in [1.54, 1.807) is 0 Å². The largest absolute Gasteiger partial charge is 0.481 e. The Balaban J connectivity index is 1.84. The zero-order valence-corrected chi connectivity index (χ0v) is 28.1. The molecular weight excluding hydrogens is 578 g/mol. The summed E-state index contributed by atoms with van der Waals surface area (Å²) in [5.74, 6) is -3.51. The minimum Gasteiger partial charge on any atom is -0.481 e. The molecule has 11 atom stereocenters. The lowest BCUT2D eigenvalue weighted by atomic mass is 9.36. The third kappa shape index (κ3) is 6.30. The summed E-state index contributed by atoms with van der Waals surface area (Å²) in [7, 11) is 0. The zero-order chi connectivity index (χ0) is 33.6. The summed E-state index contributed by atoms with van der Waals surface area (Å²) < 4.78 is 5.98. The van der Waals surface area contributed by atoms with Crippen molar-refractivity contribution >= 4 is 23.8 Å². The minimum atomic E-state index is -1.62. The van der Waals surface area contributed by atoms with E-state index in [0.29, 0.717) is 49.2 Å². The highest BCUT2D eigenvalue weighted by atomic mass is 16.5. The van der Waals surface area contributed by atoms with Crippen LogP contribution in [0.4, 0.5) is 0 Å². The molecule has 1 amide bonds. The number of hydrogen-bond acceptors (Lipinski definition) is 7. The summed E-state index contributed by atoms with van der Waals surface area (Å²) in [4.78, 5) is 49.9. The van der Waals surface area contributed by atoms with Crippen molar-refractivity contribution in [2.75, 3.05) is 0 Å². The van der Waals surface area contributed by atoms with Crippen LogP contribution < -0.4 is 5.32 Å². The fourth-order valence-corrected chi connectivity index (χ4v) is 10.6. The van der Waals surface area contributed by atoms with Crippen LogP contribution in [0.5, 0.6) is 0 Å². The molecule has 4 fully saturated rings. The Hall–Kier alpha value is -2.46. The number of nitrogens with one attached hydrogen (secondary N) is 1. The van der Waals surface area contributed by atoms with Crippen molar-refractivity contribution in [3.63, 3.8) is 0 Å². The number of amides is 1. The lowest BCUT2D eigenvalue weighted by Crippen LogP contribution is -2.65. The summed E-state index contributed by atoms with van der Waals surface area (Å²) in [5.41, 5.74) is -0.0143. The van der Waals surface area contributed by atoms with E-state index >= 15 is 0 Å². The molecule has 0 radical (unpaired) electrons. The first-order valence-corrected chi connectivity index (χ1v) is 16.9. The van der Waals surface area contributed by atoms with Crippen molar-refractivity contribution in [3.8, 4) is 0 Å². The van der Waals surface area contributed by atoms with Crippen molar-refractivity contribution in [2.24, 2.45) is 45.8 Å². The maximum Gasteiger partial charge on any atom is 0.326 e. The van der Waals surface area contributed by atoms with Gasteiger partial charge in [0, 0.05) is 12.5 Å². The Morgan fingerprint density at radius 1 is 1.00 bits per heavy atom. The van der Waals surface area contributed by atoms with Gasteiger partial charge in [-0.15, -0.1) is 0 Å². The molecule has 0 saturated heterocycles. The highest BCUT2D eigenvalue weighted by molar-refractivity contribution is 5.97. The molecule has 5 N–H and O–H groups in total. The second-order valence-electron chi connectivity index (χ2n) is 15.8. The number of esters is 1. The maximum absolute atomic E-state index is 14.0. The normalized spacial score (nSPS) is 40.9. The van der Waals surface area contributed by atoms with Crippen LogP contribution >= 0.6 is 0 Å². The number of aliphatic hydroxyl groups excluding tert-OH is 2. The van der Waals surface area contributed by atoms with Gasteiger partial charge in [0.1, 0.15) is 12.1 Å². The Morgan fingerprint density at radius 3 is 2.24 bits per heavy atom. The molecule has 4 saturated carbocycles. The lowest BCUT2D eigenvalue weighted by molar-refractivity contribution is -0.234. The van der Waals surface area contributed by atoms with Crippen LogP contribution in [0.2, 0.25) is 0 Å². The number of hydrogen-bond donors (Lipinski definition) is 5. The molecule has 0 aromatic heterocycles. The number of rotatable bonds is 10. The molecule has 0 spiro atoms. The predicted octanol–water partition coefficient (Wildman–Crippen LogP) is 4.71. The molecule has 0 aliphatic heterocycles. The third-order valence-corrected chi connectivity index (χ3v) is 12.8. The minimum absolute atomic E-state index is 0.0533. The van der Waals surface area contributed by atoms with Crippen LogP contribution in [0.1, 0.15) is 113 Å². The lowest BCUT2D eigenvalue weighted by Gasteiger charge is -2.69. The van der Waals surface area contributed by atoms with Crippen LogP contribution in [-0.2, 0) is 23.9 Å². The number of fused-ring (bicyclic) bond motifs is 5. The van der Waals surface area contributed by atoms with Crippen molar-refractivity contribution in [1.29, 1.82) is 0 Å². The van der Waals surface area contributed by atoms with Crippen LogP contribution in [0.3, 0.4) is 0 Å². The zero-order valence-electron chi connectivity index (χ0n) is 28.1. The first-order chi connectivity index (χ1) is 20.9. The van der Waals surface area contributed by atoms with Gasteiger partial charge in [0.25, 0.3) is 0 Å². The van der Waals surface area contributed by atoms with E-state index in [-0.39, 0.29) is 40.6 Å². The van der Waals surface area contributed by atoms with Crippen LogP contribution in [0.25, 0.3) is 0 Å². The summed E-state index contributed by atoms with van der Waals surface area (Å²) in [6.07, 6.45) is 3.33. The Kier molecular flexibility index (Phi) is 10.2. The number of carbonyl (C=O) groups excluding carboxylic acids is 2. The third-order valence-electron chi connectivity index (χ3n) is 12.8. The predicted molar refractivity (Wildman–Crippen MR) is 167 cm³/mol. The Labute approximate surface area is 267 Å². The average Bonchev–Trinajstić information content (AvgIpc) is 3.19. The molecule has 0 heterocycles. The number of aliphatic hydroxyl groups is 2. The molecular formula is C35H55NO9. The molecule has 1 unspecified atom stereocenters. The topological polar surface area (TPSA) is 170 Å². The standard InChI is InChI=1S/C35H55NO9/c1-18(2)9-8-10-21(31(42)36-24(32(43)44)16-28(40)41)29-23-15-26(39)30-33(5)13-12-25(38)19(3)22(33)11-14-34(30,6)35(23,7)17-27(29)45-20(4)37/h18-19,22-27,30,38-39H,8-17H2,1-7H3,(H,36,42)(H,40,41)(H,43,44)/b29-21+/t19-,22-,23-,24-,25+,26+,27-,30?,33-,34-,35-/m0/s1. The Morgan fingerprint density at radius 2 is 1.67 bits per heavy atom.